The summed E-state index contributed by atoms with van der Waals surface area (Å²) in [7, 11) is 3.25. The van der Waals surface area contributed by atoms with Crippen molar-refractivity contribution in [3.63, 3.8) is 0 Å². The van der Waals surface area contributed by atoms with Crippen molar-refractivity contribution >= 4 is 11.8 Å². The number of nitrogens with zero attached hydrogens (tertiary/aromatic N) is 4. The molecule has 0 aliphatic carbocycles. The van der Waals surface area contributed by atoms with Crippen molar-refractivity contribution in [1.82, 2.24) is 30.1 Å². The van der Waals surface area contributed by atoms with Crippen LogP contribution in [0.3, 0.4) is 0 Å². The highest BCUT2D eigenvalue weighted by Gasteiger charge is 2.24. The first-order chi connectivity index (χ1) is 21.9. The van der Waals surface area contributed by atoms with E-state index >= 15 is 0 Å². The number of aromatic nitrogens is 3. The summed E-state index contributed by atoms with van der Waals surface area (Å²) in [4.78, 5) is 38.2. The van der Waals surface area contributed by atoms with Gasteiger partial charge in [-0.25, -0.2) is 9.97 Å². The summed E-state index contributed by atoms with van der Waals surface area (Å²) >= 11 is 0. The van der Waals surface area contributed by atoms with Gasteiger partial charge in [0.2, 0.25) is 17.7 Å². The number of oxazole rings is 1. The lowest BCUT2D eigenvalue weighted by atomic mass is 10.1. The largest absolute Gasteiger partial charge is 0.493 e. The monoisotopic (exact) mass is 616 g/mol. The smallest absolute Gasteiger partial charge is 0.243 e. The number of hydrogen-bond donors (Lipinski definition) is 2. The standard InChI is InChI=1S/C33H40N6O6/c1-23-27-20-35-32(41)26(18-24-8-5-4-6-9-24)36-31(40)22-38(21-30-34-12-14-39(30)15-17-42-2)13-7-16-44-29-19-25(33(37-27)45-23)10-11-28(29)43-3/h4-6,8-12,14,19,26H,7,13,15-18,20-22H2,1-3H3,(H,35,41)(H,36,40)/t26-/m1/s1. The molecule has 0 saturated carbocycles. The van der Waals surface area contributed by atoms with E-state index in [0.29, 0.717) is 74.5 Å². The second kappa shape index (κ2) is 15.4. The fraction of sp³-hybridized carbons (Fsp3) is 0.394. The van der Waals surface area contributed by atoms with Crippen molar-refractivity contribution in [3.05, 3.63) is 83.8 Å². The van der Waals surface area contributed by atoms with Crippen molar-refractivity contribution < 1.29 is 28.2 Å². The van der Waals surface area contributed by atoms with Gasteiger partial charge in [0.05, 0.1) is 40.0 Å². The quantitative estimate of drug-likeness (QED) is 0.306. The molecule has 5 rings (SSSR count). The zero-order chi connectivity index (χ0) is 31.6. The summed E-state index contributed by atoms with van der Waals surface area (Å²) in [5, 5.41) is 5.94. The van der Waals surface area contributed by atoms with Crippen LogP contribution in [0.1, 0.15) is 29.3 Å². The Bertz CT molecular complexity index is 1570. The van der Waals surface area contributed by atoms with Crippen LogP contribution in [0.4, 0.5) is 0 Å². The Morgan fingerprint density at radius 1 is 1.11 bits per heavy atom. The second-order valence-corrected chi connectivity index (χ2v) is 10.9. The molecule has 0 saturated heterocycles. The molecular formula is C33H40N6O6. The van der Waals surface area contributed by atoms with Crippen LogP contribution < -0.4 is 20.1 Å². The van der Waals surface area contributed by atoms with Gasteiger partial charge in [0.25, 0.3) is 0 Å². The lowest BCUT2D eigenvalue weighted by Crippen LogP contribution is -2.50. The van der Waals surface area contributed by atoms with Gasteiger partial charge >= 0.3 is 0 Å². The second-order valence-electron chi connectivity index (χ2n) is 10.9. The first-order valence-corrected chi connectivity index (χ1v) is 15.0. The number of imidazole rings is 1. The molecule has 1 aliphatic rings. The van der Waals surface area contributed by atoms with Gasteiger partial charge in [-0.15, -0.1) is 0 Å². The van der Waals surface area contributed by atoms with Gasteiger partial charge in [-0.2, -0.15) is 0 Å². The van der Waals surface area contributed by atoms with Crippen LogP contribution in [0.2, 0.25) is 0 Å². The summed E-state index contributed by atoms with van der Waals surface area (Å²) in [6.45, 7) is 4.57. The fourth-order valence-corrected chi connectivity index (χ4v) is 5.20. The number of carbonyl (C=O) groups excluding carboxylic acids is 2. The lowest BCUT2D eigenvalue weighted by molar-refractivity contribution is -0.129. The highest BCUT2D eigenvalue weighted by molar-refractivity contribution is 5.88. The molecule has 4 aromatic rings. The summed E-state index contributed by atoms with van der Waals surface area (Å²) in [6, 6.07) is 14.3. The predicted octanol–water partition coefficient (Wildman–Crippen LogP) is 3.13. The summed E-state index contributed by atoms with van der Waals surface area (Å²) < 4.78 is 24.9. The minimum absolute atomic E-state index is 0.0697. The van der Waals surface area contributed by atoms with E-state index in [0.717, 1.165) is 17.0 Å². The van der Waals surface area contributed by atoms with Crippen molar-refractivity contribution in [2.75, 3.05) is 40.5 Å². The molecule has 45 heavy (non-hydrogen) atoms. The van der Waals surface area contributed by atoms with E-state index in [1.165, 1.54) is 0 Å². The van der Waals surface area contributed by atoms with Crippen molar-refractivity contribution in [2.24, 2.45) is 0 Å². The molecule has 0 radical (unpaired) electrons. The number of benzene rings is 2. The van der Waals surface area contributed by atoms with E-state index in [9.17, 15) is 9.59 Å². The van der Waals surface area contributed by atoms with Gasteiger partial charge in [0.1, 0.15) is 23.3 Å². The molecule has 2 N–H and O–H groups in total. The zero-order valence-corrected chi connectivity index (χ0v) is 26.0. The SMILES string of the molecule is COCCn1ccnc1CN1CCCOc2cc(ccc2OC)-c2nc(c(C)o2)CNC(=O)[C@@H](Cc2ccccc2)NC(=O)C1. The van der Waals surface area contributed by atoms with Gasteiger partial charge < -0.3 is 33.8 Å². The van der Waals surface area contributed by atoms with Crippen LogP contribution in [-0.4, -0.2) is 77.8 Å². The maximum Gasteiger partial charge on any atom is 0.243 e. The van der Waals surface area contributed by atoms with E-state index in [4.69, 9.17) is 18.6 Å². The van der Waals surface area contributed by atoms with E-state index < -0.39 is 6.04 Å². The molecule has 12 nitrogen and oxygen atoms in total. The molecule has 0 unspecified atom stereocenters. The molecule has 2 aromatic carbocycles. The first-order valence-electron chi connectivity index (χ1n) is 15.0. The van der Waals surface area contributed by atoms with Gasteiger partial charge in [0.15, 0.2) is 11.5 Å². The average molecular weight is 617 g/mol. The normalized spacial score (nSPS) is 16.6. The molecule has 1 aliphatic heterocycles. The first kappa shape index (κ1) is 31.7. The number of methoxy groups -OCH3 is 2. The number of amides is 2. The van der Waals surface area contributed by atoms with Crippen LogP contribution >= 0.6 is 0 Å². The Morgan fingerprint density at radius 2 is 1.96 bits per heavy atom. The van der Waals surface area contributed by atoms with Gasteiger partial charge in [-0.3, -0.25) is 14.5 Å². The molecule has 0 fully saturated rings. The van der Waals surface area contributed by atoms with Crippen LogP contribution in [-0.2, 0) is 40.4 Å². The molecule has 3 heterocycles. The Morgan fingerprint density at radius 3 is 2.76 bits per heavy atom. The topological polar surface area (TPSA) is 133 Å². The van der Waals surface area contributed by atoms with Gasteiger partial charge in [-0.05, 0) is 37.1 Å². The number of rotatable bonds is 8. The predicted molar refractivity (Wildman–Crippen MR) is 167 cm³/mol. The minimum Gasteiger partial charge on any atom is -0.493 e. The van der Waals surface area contributed by atoms with Crippen molar-refractivity contribution in [3.8, 4) is 23.0 Å². The summed E-state index contributed by atoms with van der Waals surface area (Å²) in [5.41, 5.74) is 2.26. The lowest BCUT2D eigenvalue weighted by Gasteiger charge is -2.24. The average Bonchev–Trinajstić information content (AvgIpc) is 3.65. The number of ether oxygens (including phenoxy) is 3. The van der Waals surface area contributed by atoms with E-state index in [1.807, 2.05) is 64.2 Å². The molecule has 2 aromatic heterocycles. The van der Waals surface area contributed by atoms with E-state index in [-0.39, 0.29) is 24.9 Å². The van der Waals surface area contributed by atoms with Crippen LogP contribution in [0.15, 0.2) is 65.3 Å². The Balaban J connectivity index is 1.42. The number of nitrogens with one attached hydrogen (secondary N) is 2. The van der Waals surface area contributed by atoms with E-state index in [2.05, 4.69) is 20.6 Å². The van der Waals surface area contributed by atoms with Gasteiger partial charge in [0, 0.05) is 44.6 Å². The highest BCUT2D eigenvalue weighted by Crippen LogP contribution is 2.33. The Kier molecular flexibility index (Phi) is 10.8. The maximum atomic E-state index is 13.5. The van der Waals surface area contributed by atoms with Crippen molar-refractivity contribution in [2.45, 2.75) is 45.4 Å². The number of hydrogen-bond acceptors (Lipinski definition) is 9. The minimum atomic E-state index is -0.788. The van der Waals surface area contributed by atoms with Crippen LogP contribution in [0.5, 0.6) is 11.5 Å². The van der Waals surface area contributed by atoms with Crippen molar-refractivity contribution in [1.29, 1.82) is 0 Å². The Hall–Kier alpha value is -4.68. The maximum absolute atomic E-state index is 13.5. The number of carbonyl (C=O) groups is 2. The zero-order valence-electron chi connectivity index (χ0n) is 26.0. The third-order valence-corrected chi connectivity index (χ3v) is 7.61. The van der Waals surface area contributed by atoms with Crippen LogP contribution in [0, 0.1) is 6.92 Å². The molecule has 0 spiro atoms. The highest BCUT2D eigenvalue weighted by atomic mass is 16.5. The molecular weight excluding hydrogens is 576 g/mol. The molecule has 12 heteroatoms. The molecule has 2 amide bonds. The van der Waals surface area contributed by atoms with Crippen LogP contribution in [0.25, 0.3) is 11.5 Å². The third-order valence-electron chi connectivity index (χ3n) is 7.61. The molecule has 238 valence electrons. The van der Waals surface area contributed by atoms with E-state index in [1.54, 1.807) is 27.3 Å². The fourth-order valence-electron chi connectivity index (χ4n) is 5.20. The number of aryl methyl sites for hydroxylation is 1. The summed E-state index contributed by atoms with van der Waals surface area (Å²) in [5.74, 6) is 2.39. The number of fused-ring (bicyclic) bond motifs is 5. The molecule has 1 atom stereocenters. The van der Waals surface area contributed by atoms with Gasteiger partial charge in [-0.1, -0.05) is 30.3 Å². The molecule has 4 bridgehead atoms. The Labute approximate surface area is 262 Å². The third kappa shape index (κ3) is 8.49. The summed E-state index contributed by atoms with van der Waals surface area (Å²) in [6.07, 6.45) is 4.60.